The van der Waals surface area contributed by atoms with Crippen molar-refractivity contribution in [2.45, 2.75) is 58.9 Å². The number of fused-ring (bicyclic) bond motifs is 1. The van der Waals surface area contributed by atoms with Crippen LogP contribution in [0.3, 0.4) is 0 Å². The first-order chi connectivity index (χ1) is 29.8. The Morgan fingerprint density at radius 3 is 1.97 bits per heavy atom. The maximum atomic E-state index is 14.2. The minimum atomic E-state index is -1.65. The lowest BCUT2D eigenvalue weighted by Gasteiger charge is -2.22. The van der Waals surface area contributed by atoms with Crippen molar-refractivity contribution in [2.75, 3.05) is 36.1 Å². The number of carbonyl (C=O) groups excluding carboxylic acids is 4. The first-order valence-corrected chi connectivity index (χ1v) is 20.9. The van der Waals surface area contributed by atoms with Crippen LogP contribution in [0.4, 0.5) is 38.6 Å². The number of nitrogens with one attached hydrogen (secondary N) is 5. The van der Waals surface area contributed by atoms with E-state index in [0.717, 1.165) is 15.9 Å². The molecule has 330 valence electrons. The zero-order chi connectivity index (χ0) is 45.9. The van der Waals surface area contributed by atoms with Gasteiger partial charge in [-0.05, 0) is 114 Å². The molecule has 0 spiro atoms. The lowest BCUT2D eigenvalue weighted by Crippen LogP contribution is -2.42. The molecule has 63 heavy (non-hydrogen) atoms. The Balaban J connectivity index is 0.000000253. The maximum absolute atomic E-state index is 14.2. The monoisotopic (exact) mass is 898 g/mol. The highest BCUT2D eigenvalue weighted by Gasteiger charge is 2.27. The van der Waals surface area contributed by atoms with Gasteiger partial charge in [0.15, 0.2) is 0 Å². The molecule has 0 aliphatic heterocycles. The minimum absolute atomic E-state index is 0.182. The minimum Gasteiger partial charge on any atom is -0.462 e. The van der Waals surface area contributed by atoms with E-state index in [-0.39, 0.29) is 35.3 Å². The van der Waals surface area contributed by atoms with Crippen LogP contribution in [0.25, 0.3) is 10.2 Å². The standard InChI is InChI=1S/C26H27FN6O3S.C19H21ClN2O4/c1-26(2,36)22(27)13-30-25(35)18-12-29-23(33-17-8-9-19-21(10-17)37-14-31-19)11-20(18)32-16-6-4-15(5-7-16)24(34)28-3;1-5-25-18(24)14-11-21-16(20)10-15(14)22-13-8-6-12(7-9-13)17(23)26-19(2,3)4/h4-12,14,22,36H,13H2,1-3H3,(H,28,34)(H,30,35)(H2,29,32,33);6-11H,5H2,1-4H3,(H,21,22)/t22-;/m1./s1. The Kier molecular flexibility index (Phi) is 15.7. The van der Waals surface area contributed by atoms with Crippen LogP contribution in [0.5, 0.6) is 0 Å². The number of nitrogens with zero attached hydrogens (tertiary/aromatic N) is 3. The second kappa shape index (κ2) is 20.9. The van der Waals surface area contributed by atoms with Gasteiger partial charge in [-0.2, -0.15) is 0 Å². The van der Waals surface area contributed by atoms with Crippen molar-refractivity contribution < 1.29 is 38.1 Å². The summed E-state index contributed by atoms with van der Waals surface area (Å²) in [6.07, 6.45) is 1.10. The van der Waals surface area contributed by atoms with Crippen molar-refractivity contribution in [1.29, 1.82) is 0 Å². The molecule has 0 fully saturated rings. The molecular weight excluding hydrogens is 851 g/mol. The number of rotatable bonds is 14. The maximum Gasteiger partial charge on any atom is 0.341 e. The molecule has 0 aliphatic rings. The number of hydrogen-bond acceptors (Lipinski definition) is 14. The van der Waals surface area contributed by atoms with Crippen molar-refractivity contribution in [2.24, 2.45) is 0 Å². The van der Waals surface area contributed by atoms with Crippen LogP contribution in [0.15, 0.2) is 96.8 Å². The van der Waals surface area contributed by atoms with Crippen molar-refractivity contribution in [1.82, 2.24) is 25.6 Å². The Labute approximate surface area is 372 Å². The molecule has 0 saturated heterocycles. The first kappa shape index (κ1) is 47.4. The summed E-state index contributed by atoms with van der Waals surface area (Å²) in [5.41, 5.74) is 4.88. The first-order valence-electron chi connectivity index (χ1n) is 19.6. The van der Waals surface area contributed by atoms with Gasteiger partial charge in [0.1, 0.15) is 28.3 Å². The van der Waals surface area contributed by atoms with Gasteiger partial charge in [0, 0.05) is 48.1 Å². The third-order valence-corrected chi connectivity index (χ3v) is 9.78. The predicted octanol–water partition coefficient (Wildman–Crippen LogP) is 8.99. The third-order valence-electron chi connectivity index (χ3n) is 8.78. The number of alkyl halides is 1. The largest absolute Gasteiger partial charge is 0.462 e. The summed E-state index contributed by atoms with van der Waals surface area (Å²) >= 11 is 7.45. The number of ether oxygens (including phenoxy) is 2. The van der Waals surface area contributed by atoms with Gasteiger partial charge < -0.3 is 41.2 Å². The fourth-order valence-electron chi connectivity index (χ4n) is 5.51. The number of hydrogen-bond donors (Lipinski definition) is 6. The molecule has 15 nitrogen and oxygen atoms in total. The molecule has 3 aromatic carbocycles. The molecule has 6 N–H and O–H groups in total. The molecule has 1 atom stereocenters. The number of aromatic nitrogens is 3. The average molecular weight is 899 g/mol. The van der Waals surface area contributed by atoms with Crippen LogP contribution in [-0.2, 0) is 9.47 Å². The zero-order valence-electron chi connectivity index (χ0n) is 35.6. The second-order valence-electron chi connectivity index (χ2n) is 15.4. The Morgan fingerprint density at radius 1 is 0.762 bits per heavy atom. The summed E-state index contributed by atoms with van der Waals surface area (Å²) in [6, 6.07) is 22.4. The van der Waals surface area contributed by atoms with E-state index in [1.165, 1.54) is 43.6 Å². The molecule has 3 aromatic heterocycles. The van der Waals surface area contributed by atoms with Gasteiger partial charge in [0.25, 0.3) is 11.8 Å². The number of amides is 2. The molecule has 0 unspecified atom stereocenters. The fourth-order valence-corrected chi connectivity index (χ4v) is 6.38. The molecule has 0 saturated carbocycles. The lowest BCUT2D eigenvalue weighted by atomic mass is 10.0. The number of esters is 2. The van der Waals surface area contributed by atoms with Crippen molar-refractivity contribution >= 4 is 91.2 Å². The number of anilines is 6. The van der Waals surface area contributed by atoms with Gasteiger partial charge in [-0.15, -0.1) is 11.3 Å². The van der Waals surface area contributed by atoms with Crippen LogP contribution in [-0.4, -0.2) is 81.4 Å². The van der Waals surface area contributed by atoms with Crippen LogP contribution in [0.2, 0.25) is 5.15 Å². The normalized spacial score (nSPS) is 11.7. The summed E-state index contributed by atoms with van der Waals surface area (Å²) in [5.74, 6) is -1.19. The van der Waals surface area contributed by atoms with E-state index < -0.39 is 35.2 Å². The molecule has 3 heterocycles. The van der Waals surface area contributed by atoms with E-state index in [1.807, 2.05) is 39.0 Å². The Morgan fingerprint density at radius 2 is 1.37 bits per heavy atom. The van der Waals surface area contributed by atoms with Gasteiger partial charge in [-0.25, -0.2) is 28.9 Å². The number of thiazole rings is 1. The van der Waals surface area contributed by atoms with E-state index in [2.05, 4.69) is 41.5 Å². The van der Waals surface area contributed by atoms with Crippen LogP contribution < -0.4 is 26.6 Å². The van der Waals surface area contributed by atoms with Gasteiger partial charge in [-0.3, -0.25) is 9.59 Å². The van der Waals surface area contributed by atoms with Crippen molar-refractivity contribution in [3.8, 4) is 0 Å². The number of aliphatic hydroxyl groups is 1. The third kappa shape index (κ3) is 13.7. The topological polar surface area (TPSA) is 206 Å². The summed E-state index contributed by atoms with van der Waals surface area (Å²) in [5, 5.41) is 24.7. The second-order valence-corrected chi connectivity index (χ2v) is 16.6. The summed E-state index contributed by atoms with van der Waals surface area (Å²) in [7, 11) is 1.55. The number of pyridine rings is 2. The fraction of sp³-hybridized carbons (Fsp3) is 0.267. The molecule has 2 amide bonds. The van der Waals surface area contributed by atoms with E-state index in [4.69, 9.17) is 21.1 Å². The van der Waals surface area contributed by atoms with Gasteiger partial charge in [0.2, 0.25) is 0 Å². The van der Waals surface area contributed by atoms with Crippen LogP contribution in [0, 0.1) is 0 Å². The zero-order valence-corrected chi connectivity index (χ0v) is 37.2. The Hall–Kier alpha value is -6.69. The van der Waals surface area contributed by atoms with E-state index in [1.54, 1.807) is 74.1 Å². The van der Waals surface area contributed by atoms with Crippen molar-refractivity contribution in [3.63, 3.8) is 0 Å². The molecular formula is C45H48ClFN8O7S. The highest BCUT2D eigenvalue weighted by atomic mass is 35.5. The molecule has 6 rings (SSSR count). The van der Waals surface area contributed by atoms with E-state index in [9.17, 15) is 28.7 Å². The lowest BCUT2D eigenvalue weighted by molar-refractivity contribution is -0.00182. The number of benzene rings is 3. The summed E-state index contributed by atoms with van der Waals surface area (Å²) < 4.78 is 25.6. The smallest absolute Gasteiger partial charge is 0.341 e. The van der Waals surface area contributed by atoms with Crippen molar-refractivity contribution in [3.05, 3.63) is 124 Å². The van der Waals surface area contributed by atoms with E-state index in [0.29, 0.717) is 39.7 Å². The highest BCUT2D eigenvalue weighted by Crippen LogP contribution is 2.29. The molecule has 0 bridgehead atoms. The van der Waals surface area contributed by atoms with Crippen LogP contribution >= 0.6 is 22.9 Å². The predicted molar refractivity (Wildman–Crippen MR) is 244 cm³/mol. The summed E-state index contributed by atoms with van der Waals surface area (Å²) in [4.78, 5) is 61.5. The molecule has 0 aliphatic carbocycles. The number of halogens is 2. The van der Waals surface area contributed by atoms with Gasteiger partial charge in [-0.1, -0.05) is 11.6 Å². The summed E-state index contributed by atoms with van der Waals surface area (Å²) in [6.45, 7) is 9.73. The number of carbonyl (C=O) groups is 4. The molecule has 18 heteroatoms. The quantitative estimate of drug-likeness (QED) is 0.0447. The molecule has 0 radical (unpaired) electrons. The van der Waals surface area contributed by atoms with Gasteiger partial charge >= 0.3 is 11.9 Å². The Bertz CT molecular complexity index is 2560. The highest BCUT2D eigenvalue weighted by molar-refractivity contribution is 7.16. The average Bonchev–Trinajstić information content (AvgIpc) is 3.71. The SMILES string of the molecule is CCOC(=O)c1cnc(Cl)cc1Nc1ccc(C(=O)OC(C)(C)C)cc1.CNC(=O)c1ccc(Nc2cc(Nc3ccc4ncsc4c3)ncc2C(=O)NC[C@@H](F)C(C)(C)O)cc1. The van der Waals surface area contributed by atoms with Gasteiger partial charge in [0.05, 0.1) is 57.0 Å². The molecule has 6 aromatic rings. The van der Waals surface area contributed by atoms with Crippen LogP contribution in [0.1, 0.15) is 83.0 Å². The van der Waals surface area contributed by atoms with E-state index >= 15 is 0 Å².